The molecule has 0 aromatic heterocycles. The highest BCUT2D eigenvalue weighted by molar-refractivity contribution is 5.84. The molecule has 29 heavy (non-hydrogen) atoms. The molecule has 0 N–H and O–H groups in total. The van der Waals surface area contributed by atoms with E-state index in [2.05, 4.69) is 26.3 Å². The summed E-state index contributed by atoms with van der Waals surface area (Å²) in [5.41, 5.74) is 0. The Morgan fingerprint density at radius 1 is 0.621 bits per heavy atom. The van der Waals surface area contributed by atoms with Gasteiger partial charge in [-0.1, -0.05) is 40.2 Å². The molecule has 0 aliphatic rings. The van der Waals surface area contributed by atoms with Crippen molar-refractivity contribution in [1.29, 1.82) is 0 Å². The van der Waals surface area contributed by atoms with Crippen LogP contribution in [0.4, 0.5) is 0 Å². The molecule has 0 unspecified atom stereocenters. The Bertz CT molecular complexity index is 563. The van der Waals surface area contributed by atoms with Crippen molar-refractivity contribution in [2.45, 2.75) is 38.3 Å². The van der Waals surface area contributed by atoms with Gasteiger partial charge in [-0.2, -0.15) is 0 Å². The third-order valence-electron chi connectivity index (χ3n) is 3.53. The molecule has 9 nitrogen and oxygen atoms in total. The summed E-state index contributed by atoms with van der Waals surface area (Å²) in [7, 11) is 0. The van der Waals surface area contributed by atoms with Gasteiger partial charge in [0.15, 0.2) is 0 Å². The molecule has 0 fully saturated rings. The van der Waals surface area contributed by atoms with Crippen LogP contribution in [0.1, 0.15) is 26.7 Å². The maximum absolute atomic E-state index is 11.7. The summed E-state index contributed by atoms with van der Waals surface area (Å²) in [5.74, 6) is -7.03. The number of carbonyl (C=O) groups is 4. The first-order valence-corrected chi connectivity index (χ1v) is 8.64. The highest BCUT2D eigenvalue weighted by Gasteiger charge is 2.41. The Morgan fingerprint density at radius 3 is 1.03 bits per heavy atom. The largest absolute Gasteiger partial charge is 0.417 e. The van der Waals surface area contributed by atoms with Crippen molar-refractivity contribution in [2.24, 2.45) is 0 Å². The first-order valence-electron chi connectivity index (χ1n) is 8.64. The first-order chi connectivity index (χ1) is 13.6. The average Bonchev–Trinajstić information content (AvgIpc) is 2.72. The van der Waals surface area contributed by atoms with Crippen LogP contribution in [0, 0.1) is 0 Å². The predicted molar refractivity (Wildman–Crippen MR) is 102 cm³/mol. The van der Waals surface area contributed by atoms with Gasteiger partial charge in [-0.05, 0) is 0 Å². The molecule has 0 aliphatic carbocycles. The fourth-order valence-electron chi connectivity index (χ4n) is 1.91. The Balaban J connectivity index is 5.57. The van der Waals surface area contributed by atoms with E-state index in [1.807, 2.05) is 0 Å². The lowest BCUT2D eigenvalue weighted by atomic mass is 10.2. The van der Waals surface area contributed by atoms with Crippen LogP contribution in [0.15, 0.2) is 50.6 Å². The second-order valence-electron chi connectivity index (χ2n) is 5.52. The molecule has 0 amide bonds. The van der Waals surface area contributed by atoms with Crippen LogP contribution in [0.3, 0.4) is 0 Å². The smallest absolute Gasteiger partial charge is 0.333 e. The molecule has 160 valence electrons. The molecule has 0 atom stereocenters. The zero-order valence-corrected chi connectivity index (χ0v) is 16.6. The van der Waals surface area contributed by atoms with Crippen molar-refractivity contribution in [3.63, 3.8) is 0 Å². The number of esters is 4. The van der Waals surface area contributed by atoms with Gasteiger partial charge < -0.3 is 23.7 Å². The van der Waals surface area contributed by atoms with Crippen LogP contribution < -0.4 is 0 Å². The lowest BCUT2D eigenvalue weighted by Gasteiger charge is -2.34. The molecule has 9 heteroatoms. The minimum atomic E-state index is -1.80. The van der Waals surface area contributed by atoms with Crippen molar-refractivity contribution in [1.82, 2.24) is 0 Å². The zero-order valence-electron chi connectivity index (χ0n) is 16.6. The second kappa shape index (κ2) is 12.3. The van der Waals surface area contributed by atoms with E-state index in [4.69, 9.17) is 23.7 Å². The number of ether oxygens (including phenoxy) is 5. The molecule has 0 spiro atoms. The van der Waals surface area contributed by atoms with Gasteiger partial charge >= 0.3 is 23.9 Å². The van der Waals surface area contributed by atoms with Crippen molar-refractivity contribution < 1.29 is 42.9 Å². The van der Waals surface area contributed by atoms with Gasteiger partial charge in [0.05, 0.1) is 0 Å². The maximum atomic E-state index is 11.7. The molecule has 0 saturated carbocycles. The third kappa shape index (κ3) is 8.56. The minimum Gasteiger partial charge on any atom is -0.417 e. The van der Waals surface area contributed by atoms with Gasteiger partial charge in [0.1, 0.15) is 13.2 Å². The standard InChI is InChI=1S/C20H26O9/c1-7-15(21)26-19(11-5,27-16(22)8-2)13-25-14-20(12-6,28-17(23)9-3)29-18(24)10-4/h7-10H,1-4,11-14H2,5-6H3. The lowest BCUT2D eigenvalue weighted by Crippen LogP contribution is -2.47. The molecule has 0 saturated heterocycles. The molecule has 0 aliphatic heterocycles. The van der Waals surface area contributed by atoms with Crippen LogP contribution in [0.2, 0.25) is 0 Å². The molecule has 0 aromatic carbocycles. The van der Waals surface area contributed by atoms with Crippen LogP contribution in [-0.4, -0.2) is 48.7 Å². The zero-order chi connectivity index (χ0) is 22.5. The summed E-state index contributed by atoms with van der Waals surface area (Å²) in [6.45, 7) is 15.4. The fraction of sp³-hybridized carbons (Fsp3) is 0.400. The topological polar surface area (TPSA) is 114 Å². The highest BCUT2D eigenvalue weighted by atomic mass is 16.8. The minimum absolute atomic E-state index is 0.0180. The summed E-state index contributed by atoms with van der Waals surface area (Å²) in [4.78, 5) is 46.7. The highest BCUT2D eigenvalue weighted by Crippen LogP contribution is 2.24. The maximum Gasteiger partial charge on any atom is 0.333 e. The lowest BCUT2D eigenvalue weighted by molar-refractivity contribution is -0.265. The number of hydrogen-bond donors (Lipinski definition) is 0. The van der Waals surface area contributed by atoms with Gasteiger partial charge in [0.25, 0.3) is 11.6 Å². The van der Waals surface area contributed by atoms with Crippen molar-refractivity contribution in [3.05, 3.63) is 50.6 Å². The normalized spacial score (nSPS) is 10.8. The van der Waals surface area contributed by atoms with Gasteiger partial charge in [0.2, 0.25) is 0 Å². The van der Waals surface area contributed by atoms with Gasteiger partial charge in [-0.15, -0.1) is 0 Å². The SMILES string of the molecule is C=CC(=O)OC(CC)(COCC(CC)(OC(=O)C=C)OC(=O)C=C)OC(=O)C=C. The van der Waals surface area contributed by atoms with Crippen LogP contribution in [0.25, 0.3) is 0 Å². The van der Waals surface area contributed by atoms with E-state index in [1.165, 1.54) is 0 Å². The third-order valence-corrected chi connectivity index (χ3v) is 3.53. The van der Waals surface area contributed by atoms with Gasteiger partial charge in [0, 0.05) is 37.1 Å². The molecule has 0 heterocycles. The summed E-state index contributed by atoms with van der Waals surface area (Å²) in [6.07, 6.45) is 3.59. The van der Waals surface area contributed by atoms with E-state index in [9.17, 15) is 19.2 Å². The Morgan fingerprint density at radius 2 is 0.862 bits per heavy atom. The van der Waals surface area contributed by atoms with Gasteiger partial charge in [-0.25, -0.2) is 19.2 Å². The molecule has 0 rings (SSSR count). The molecular formula is C20H26O9. The van der Waals surface area contributed by atoms with E-state index in [0.717, 1.165) is 24.3 Å². The summed E-state index contributed by atoms with van der Waals surface area (Å²) in [5, 5.41) is 0. The molecule has 0 radical (unpaired) electrons. The van der Waals surface area contributed by atoms with Crippen LogP contribution in [0.5, 0.6) is 0 Å². The first kappa shape index (κ1) is 25.8. The number of rotatable bonds is 14. The van der Waals surface area contributed by atoms with E-state index in [-0.39, 0.29) is 12.8 Å². The Hall–Kier alpha value is -3.20. The van der Waals surface area contributed by atoms with Crippen molar-refractivity contribution in [3.8, 4) is 0 Å². The van der Waals surface area contributed by atoms with Crippen molar-refractivity contribution >= 4 is 23.9 Å². The fourth-order valence-corrected chi connectivity index (χ4v) is 1.91. The van der Waals surface area contributed by atoms with E-state index < -0.39 is 48.7 Å². The molecule has 0 bridgehead atoms. The number of carbonyl (C=O) groups excluding carboxylic acids is 4. The van der Waals surface area contributed by atoms with Gasteiger partial charge in [-0.3, -0.25) is 0 Å². The van der Waals surface area contributed by atoms with E-state index in [1.54, 1.807) is 13.8 Å². The molecular weight excluding hydrogens is 384 g/mol. The summed E-state index contributed by atoms with van der Waals surface area (Å²) < 4.78 is 26.0. The summed E-state index contributed by atoms with van der Waals surface area (Å²) >= 11 is 0. The quantitative estimate of drug-likeness (QED) is 0.241. The average molecular weight is 410 g/mol. The van der Waals surface area contributed by atoms with E-state index >= 15 is 0 Å². The van der Waals surface area contributed by atoms with Crippen LogP contribution >= 0.6 is 0 Å². The Labute approximate surface area is 169 Å². The van der Waals surface area contributed by atoms with Crippen molar-refractivity contribution in [2.75, 3.05) is 13.2 Å². The monoisotopic (exact) mass is 410 g/mol. The molecule has 0 aromatic rings. The Kier molecular flexibility index (Phi) is 10.9. The summed E-state index contributed by atoms with van der Waals surface area (Å²) in [6, 6.07) is 0. The number of hydrogen-bond acceptors (Lipinski definition) is 9. The van der Waals surface area contributed by atoms with Crippen LogP contribution in [-0.2, 0) is 42.9 Å². The van der Waals surface area contributed by atoms with E-state index in [0.29, 0.717) is 0 Å². The second-order valence-corrected chi connectivity index (χ2v) is 5.52. The predicted octanol–water partition coefficient (Wildman–Crippen LogP) is 2.13.